The van der Waals surface area contributed by atoms with Crippen LogP contribution in [-0.4, -0.2) is 60.7 Å². The topological polar surface area (TPSA) is 56.1 Å². The minimum absolute atomic E-state index is 0.132. The number of piperidine rings is 1. The number of hydrogen-bond acceptors (Lipinski definition) is 4. The van der Waals surface area contributed by atoms with Gasteiger partial charge in [-0.25, -0.2) is 4.39 Å². The van der Waals surface area contributed by atoms with E-state index in [1.807, 2.05) is 25.1 Å². The van der Waals surface area contributed by atoms with Crippen LogP contribution in [0, 0.1) is 42.3 Å². The number of aliphatic hydroxyl groups is 2. The van der Waals surface area contributed by atoms with Crippen LogP contribution in [0.15, 0.2) is 58.1 Å². The summed E-state index contributed by atoms with van der Waals surface area (Å²) in [4.78, 5) is 6.72. The van der Waals surface area contributed by atoms with Gasteiger partial charge in [0.2, 0.25) is 0 Å². The molecule has 2 N–H and O–H groups in total. The van der Waals surface area contributed by atoms with E-state index in [1.165, 1.54) is 17.6 Å². The summed E-state index contributed by atoms with van der Waals surface area (Å²) in [6.45, 7) is 24.1. The van der Waals surface area contributed by atoms with Crippen molar-refractivity contribution < 1.29 is 14.6 Å². The highest BCUT2D eigenvalue weighted by Crippen LogP contribution is 2.29. The van der Waals surface area contributed by atoms with Crippen LogP contribution in [0.3, 0.4) is 0 Å². The second-order valence-electron chi connectivity index (χ2n) is 13.1. The molecule has 2 atom stereocenters. The average molecular weight is 649 g/mol. The fourth-order valence-electron chi connectivity index (χ4n) is 5.81. The molecule has 0 bridgehead atoms. The monoisotopic (exact) mass is 649 g/mol. The first-order valence-corrected chi connectivity index (χ1v) is 17.9. The second kappa shape index (κ2) is 23.5. The smallest absolute Gasteiger partial charge is 0.131 e. The number of hydrogen-bond donors (Lipinski definition) is 2. The Morgan fingerprint density at radius 3 is 2.34 bits per heavy atom. The van der Waals surface area contributed by atoms with Crippen molar-refractivity contribution in [2.45, 2.75) is 107 Å². The summed E-state index contributed by atoms with van der Waals surface area (Å²) >= 11 is 0. The van der Waals surface area contributed by atoms with Crippen LogP contribution < -0.4 is 0 Å². The molecule has 2 rings (SSSR count). The molecular formula is C42H65FN2O2. The molecule has 2 unspecified atom stereocenters. The number of allylic oxidation sites excluding steroid dienone is 4. The van der Waals surface area contributed by atoms with Gasteiger partial charge in [-0.2, -0.15) is 0 Å². The van der Waals surface area contributed by atoms with Crippen molar-refractivity contribution in [3.63, 3.8) is 0 Å². The van der Waals surface area contributed by atoms with Gasteiger partial charge in [-0.05, 0) is 125 Å². The molecule has 0 saturated carbocycles. The first-order chi connectivity index (χ1) is 22.4. The molecule has 0 radical (unpaired) electrons. The lowest BCUT2D eigenvalue weighted by molar-refractivity contribution is 0.156. The zero-order valence-electron chi connectivity index (χ0n) is 31.2. The summed E-state index contributed by atoms with van der Waals surface area (Å²) in [5.41, 5.74) is 7.07. The molecule has 0 aliphatic carbocycles. The maximum absolute atomic E-state index is 15.4. The number of likely N-dealkylation sites (tertiary alicyclic amines) is 1. The van der Waals surface area contributed by atoms with Gasteiger partial charge in [-0.1, -0.05) is 64.5 Å². The average Bonchev–Trinajstić information content (AvgIpc) is 3.06. The zero-order valence-corrected chi connectivity index (χ0v) is 31.2. The van der Waals surface area contributed by atoms with Crippen LogP contribution in [0.1, 0.15) is 117 Å². The van der Waals surface area contributed by atoms with Gasteiger partial charge >= 0.3 is 0 Å². The summed E-state index contributed by atoms with van der Waals surface area (Å²) < 4.78 is 15.4. The van der Waals surface area contributed by atoms with Crippen LogP contribution >= 0.6 is 0 Å². The Labute approximate surface area is 287 Å². The van der Waals surface area contributed by atoms with E-state index in [2.05, 4.69) is 82.9 Å². The first-order valence-electron chi connectivity index (χ1n) is 17.9. The largest absolute Gasteiger partial charge is 0.395 e. The van der Waals surface area contributed by atoms with Crippen molar-refractivity contribution in [1.82, 2.24) is 4.90 Å². The van der Waals surface area contributed by atoms with E-state index in [-0.39, 0.29) is 19.0 Å². The lowest BCUT2D eigenvalue weighted by atomic mass is 9.88. The number of aryl methyl sites for hydroxylation is 1. The van der Waals surface area contributed by atoms with Gasteiger partial charge in [0.1, 0.15) is 5.82 Å². The van der Waals surface area contributed by atoms with Crippen molar-refractivity contribution in [3.05, 3.63) is 75.7 Å². The Morgan fingerprint density at radius 2 is 1.81 bits per heavy atom. The summed E-state index contributed by atoms with van der Waals surface area (Å²) in [5, 5.41) is 19.3. The molecule has 4 nitrogen and oxygen atoms in total. The molecule has 1 aliphatic rings. The molecule has 1 fully saturated rings. The molecule has 1 heterocycles. The molecule has 0 amide bonds. The lowest BCUT2D eigenvalue weighted by Gasteiger charge is -2.32. The van der Waals surface area contributed by atoms with E-state index >= 15 is 4.39 Å². The minimum Gasteiger partial charge on any atom is -0.395 e. The summed E-state index contributed by atoms with van der Waals surface area (Å²) in [5.74, 6) is 7.22. The second-order valence-corrected chi connectivity index (χ2v) is 13.1. The van der Waals surface area contributed by atoms with Crippen LogP contribution in [0.25, 0.3) is 6.08 Å². The van der Waals surface area contributed by atoms with Crippen LogP contribution in [0.4, 0.5) is 4.39 Å². The van der Waals surface area contributed by atoms with Crippen LogP contribution in [0.5, 0.6) is 0 Å². The number of benzene rings is 1. The van der Waals surface area contributed by atoms with E-state index in [1.54, 1.807) is 13.1 Å². The third kappa shape index (κ3) is 15.3. The van der Waals surface area contributed by atoms with Gasteiger partial charge < -0.3 is 15.1 Å². The third-order valence-electron chi connectivity index (χ3n) is 9.34. The van der Waals surface area contributed by atoms with Crippen molar-refractivity contribution >= 4 is 11.8 Å². The molecule has 0 spiro atoms. The predicted octanol–water partition coefficient (Wildman–Crippen LogP) is 9.74. The van der Waals surface area contributed by atoms with E-state index in [9.17, 15) is 10.2 Å². The summed E-state index contributed by atoms with van der Waals surface area (Å²) in [6.07, 6.45) is 14.4. The fourth-order valence-corrected chi connectivity index (χ4v) is 5.81. The Balaban J connectivity index is 0.00000141. The number of halogens is 1. The normalized spacial score (nSPS) is 16.6. The fraction of sp³-hybridized carbons (Fsp3) is 0.595. The molecule has 5 heteroatoms. The number of nitrogens with zero attached hydrogens (tertiary/aromatic N) is 2. The highest BCUT2D eigenvalue weighted by molar-refractivity contribution is 6.09. The van der Waals surface area contributed by atoms with E-state index in [4.69, 9.17) is 0 Å². The number of aliphatic hydroxyl groups excluding tert-OH is 2. The van der Waals surface area contributed by atoms with Crippen molar-refractivity contribution in [2.24, 2.45) is 22.7 Å². The molecule has 47 heavy (non-hydrogen) atoms. The Kier molecular flexibility index (Phi) is 21.1. The highest BCUT2D eigenvalue weighted by atomic mass is 19.1. The van der Waals surface area contributed by atoms with Gasteiger partial charge in [0.25, 0.3) is 0 Å². The quantitative estimate of drug-likeness (QED) is 0.0862. The van der Waals surface area contributed by atoms with Crippen LogP contribution in [-0.2, 0) is 0 Å². The molecule has 0 aromatic heterocycles. The van der Waals surface area contributed by atoms with Crippen molar-refractivity contribution in [2.75, 3.05) is 39.9 Å². The van der Waals surface area contributed by atoms with E-state index < -0.39 is 0 Å². The molecule has 1 aliphatic heterocycles. The minimum atomic E-state index is -0.261. The molecule has 1 aromatic carbocycles. The van der Waals surface area contributed by atoms with Gasteiger partial charge in [0.15, 0.2) is 0 Å². The van der Waals surface area contributed by atoms with E-state index in [0.29, 0.717) is 34.6 Å². The lowest BCUT2D eigenvalue weighted by Crippen LogP contribution is -2.35. The Hall–Kier alpha value is -2.78. The number of unbranched alkanes of at least 4 members (excludes halogenated alkanes) is 1. The predicted molar refractivity (Wildman–Crippen MR) is 202 cm³/mol. The molecular weight excluding hydrogens is 583 g/mol. The van der Waals surface area contributed by atoms with Crippen molar-refractivity contribution in [3.8, 4) is 11.8 Å². The number of aliphatic imine (C=N–C) groups is 1. The van der Waals surface area contributed by atoms with Gasteiger partial charge in [-0.15, -0.1) is 11.8 Å². The summed E-state index contributed by atoms with van der Waals surface area (Å²) in [7, 11) is 1.70. The Bertz CT molecular complexity index is 1260. The van der Waals surface area contributed by atoms with Gasteiger partial charge in [0.05, 0.1) is 18.9 Å². The third-order valence-corrected chi connectivity index (χ3v) is 9.34. The Morgan fingerprint density at radius 1 is 1.13 bits per heavy atom. The standard InChI is InChI=1S/C35H53FN2O2.C7H12/c1-9-25(3)27(5)18-24(2)10-11-26(4)32(23-40)22-35(37-8)31-19-29(7)33(34(36)21-31)20-28(6)30-12-14-38(15-13-30)16-17-39;1-3-5-7-6-4-2/h18-22,24-25,30,39-40H,4,9-17,23H2,1-3,5-8H3;3-5H2,1-2H3/b27-18-,28-20+,32-22-,37-35?;. The highest BCUT2D eigenvalue weighted by Gasteiger charge is 2.21. The number of rotatable bonds is 15. The van der Waals surface area contributed by atoms with E-state index in [0.717, 1.165) is 81.3 Å². The molecule has 1 saturated heterocycles. The SMILES string of the molecule is C=C(CCC(C)/C=C(/C)C(C)CC)/C(=C\C(=NC)c1cc(C)c(/C=C(\C)C2CCN(CCO)CC2)c(F)c1)CO.CCC#CCCC. The van der Waals surface area contributed by atoms with Gasteiger partial charge in [-0.3, -0.25) is 4.99 Å². The zero-order chi connectivity index (χ0) is 35.4. The van der Waals surface area contributed by atoms with Crippen molar-refractivity contribution in [1.29, 1.82) is 0 Å². The first kappa shape index (κ1) is 42.2. The maximum atomic E-state index is 15.4. The molecule has 262 valence electrons. The molecule has 1 aromatic rings. The van der Waals surface area contributed by atoms with Crippen LogP contribution in [0.2, 0.25) is 0 Å². The van der Waals surface area contributed by atoms with Gasteiger partial charge in [0, 0.05) is 37.6 Å². The maximum Gasteiger partial charge on any atom is 0.131 e. The number of β-amino-alcohol motifs (C(OH)–C–C–N with tert-alkyl or cyclic N) is 1. The summed E-state index contributed by atoms with van der Waals surface area (Å²) in [6, 6.07) is 3.53.